The summed E-state index contributed by atoms with van der Waals surface area (Å²) in [5, 5.41) is 16.3. The highest BCUT2D eigenvalue weighted by Crippen LogP contribution is 2.19. The van der Waals surface area contributed by atoms with Crippen molar-refractivity contribution in [3.05, 3.63) is 48.3 Å². The van der Waals surface area contributed by atoms with Crippen molar-refractivity contribution in [2.24, 2.45) is 5.92 Å². The van der Waals surface area contributed by atoms with Crippen molar-refractivity contribution >= 4 is 11.6 Å². The lowest BCUT2D eigenvalue weighted by atomic mass is 9.97. The van der Waals surface area contributed by atoms with E-state index in [1.807, 2.05) is 30.5 Å². The van der Waals surface area contributed by atoms with Gasteiger partial charge in [0.25, 0.3) is 0 Å². The van der Waals surface area contributed by atoms with Crippen LogP contribution in [-0.4, -0.2) is 45.4 Å². The Morgan fingerprint density at radius 1 is 1.28 bits per heavy atom. The van der Waals surface area contributed by atoms with Gasteiger partial charge < -0.3 is 10.4 Å². The summed E-state index contributed by atoms with van der Waals surface area (Å²) >= 11 is 0. The lowest BCUT2D eigenvalue weighted by Crippen LogP contribution is -2.34. The second-order valence-corrected chi connectivity index (χ2v) is 6.67. The Kier molecular flexibility index (Phi) is 6.19. The van der Waals surface area contributed by atoms with E-state index in [-0.39, 0.29) is 5.91 Å². The number of benzene rings is 1. The van der Waals surface area contributed by atoms with Gasteiger partial charge in [0.1, 0.15) is 0 Å². The van der Waals surface area contributed by atoms with E-state index in [0.29, 0.717) is 25.5 Å². The first-order chi connectivity index (χ1) is 12.2. The molecule has 0 bridgehead atoms. The molecule has 0 atom stereocenters. The van der Waals surface area contributed by atoms with Crippen molar-refractivity contribution in [2.75, 3.05) is 25.0 Å². The molecule has 0 radical (unpaired) electrons. The van der Waals surface area contributed by atoms with Crippen molar-refractivity contribution in [2.45, 2.75) is 32.4 Å². The molecule has 2 aromatic rings. The van der Waals surface area contributed by atoms with E-state index in [0.717, 1.165) is 38.2 Å². The number of hydrogen-bond donors (Lipinski definition) is 2. The van der Waals surface area contributed by atoms with Crippen LogP contribution < -0.4 is 5.32 Å². The second-order valence-electron chi connectivity index (χ2n) is 6.67. The average molecular weight is 342 g/mol. The first kappa shape index (κ1) is 17.6. The number of piperidine rings is 1. The number of aliphatic hydroxyl groups excluding tert-OH is 1. The molecule has 3 rings (SSSR count). The molecule has 1 aromatic heterocycles. The maximum atomic E-state index is 12.1. The molecule has 6 nitrogen and oxygen atoms in total. The van der Waals surface area contributed by atoms with Gasteiger partial charge in [-0.15, -0.1) is 0 Å². The minimum atomic E-state index is -0.00332. The van der Waals surface area contributed by atoms with E-state index in [1.54, 1.807) is 10.9 Å². The number of carbonyl (C=O) groups is 1. The van der Waals surface area contributed by atoms with E-state index in [2.05, 4.69) is 21.4 Å². The number of nitrogens with zero attached hydrogens (tertiary/aromatic N) is 3. The molecule has 1 aliphatic heterocycles. The smallest absolute Gasteiger partial charge is 0.226 e. The molecule has 1 aliphatic rings. The van der Waals surface area contributed by atoms with E-state index in [1.165, 1.54) is 5.56 Å². The zero-order chi connectivity index (χ0) is 17.5. The molecule has 2 N–H and O–H groups in total. The molecule has 2 heterocycles. The summed E-state index contributed by atoms with van der Waals surface area (Å²) in [6, 6.07) is 9.90. The predicted molar refractivity (Wildman–Crippen MR) is 97.0 cm³/mol. The van der Waals surface area contributed by atoms with Gasteiger partial charge in [0.15, 0.2) is 0 Å². The number of nitrogens with one attached hydrogen (secondary N) is 1. The van der Waals surface area contributed by atoms with Crippen molar-refractivity contribution in [1.82, 2.24) is 14.7 Å². The number of hydrogen-bond acceptors (Lipinski definition) is 4. The van der Waals surface area contributed by atoms with E-state index >= 15 is 0 Å². The second kappa shape index (κ2) is 8.78. The van der Waals surface area contributed by atoms with Gasteiger partial charge in [-0.2, -0.15) is 5.10 Å². The molecule has 1 aromatic carbocycles. The third kappa shape index (κ3) is 5.41. The number of anilines is 1. The molecular formula is C19H26N4O2. The van der Waals surface area contributed by atoms with Crippen LogP contribution in [0.25, 0.3) is 0 Å². The molecule has 6 heteroatoms. The van der Waals surface area contributed by atoms with Crippen LogP contribution in [0.15, 0.2) is 42.7 Å². The SMILES string of the molecule is O=C(CCn1cccn1)Nc1cccc(CN2CCC(CO)CC2)c1. The van der Waals surface area contributed by atoms with Gasteiger partial charge in [0.05, 0.1) is 0 Å². The van der Waals surface area contributed by atoms with Gasteiger partial charge in [0, 0.05) is 44.2 Å². The van der Waals surface area contributed by atoms with Gasteiger partial charge in [-0.05, 0) is 55.6 Å². The minimum absolute atomic E-state index is 0.00332. The topological polar surface area (TPSA) is 70.4 Å². The summed E-state index contributed by atoms with van der Waals surface area (Å²) < 4.78 is 1.76. The molecule has 0 spiro atoms. The van der Waals surface area contributed by atoms with Gasteiger partial charge in [-0.1, -0.05) is 12.1 Å². The monoisotopic (exact) mass is 342 g/mol. The number of aryl methyl sites for hydroxylation is 1. The van der Waals surface area contributed by atoms with Crippen molar-refractivity contribution in [3.63, 3.8) is 0 Å². The fourth-order valence-electron chi connectivity index (χ4n) is 3.21. The van der Waals surface area contributed by atoms with E-state index < -0.39 is 0 Å². The number of carbonyl (C=O) groups excluding carboxylic acids is 1. The van der Waals surface area contributed by atoms with E-state index in [9.17, 15) is 9.90 Å². The van der Waals surface area contributed by atoms with Crippen molar-refractivity contribution in [3.8, 4) is 0 Å². The fourth-order valence-corrected chi connectivity index (χ4v) is 3.21. The third-order valence-corrected chi connectivity index (χ3v) is 4.71. The lowest BCUT2D eigenvalue weighted by Gasteiger charge is -2.31. The molecule has 1 amide bonds. The van der Waals surface area contributed by atoms with Gasteiger partial charge in [-0.3, -0.25) is 14.4 Å². The van der Waals surface area contributed by atoms with Crippen LogP contribution in [0.1, 0.15) is 24.8 Å². The number of aliphatic hydroxyl groups is 1. The quantitative estimate of drug-likeness (QED) is 0.809. The van der Waals surface area contributed by atoms with Crippen LogP contribution >= 0.6 is 0 Å². The normalized spacial score (nSPS) is 16.0. The minimum Gasteiger partial charge on any atom is -0.396 e. The largest absolute Gasteiger partial charge is 0.396 e. The number of aromatic nitrogens is 2. The molecule has 0 aliphatic carbocycles. The van der Waals surface area contributed by atoms with Crippen molar-refractivity contribution in [1.29, 1.82) is 0 Å². The number of rotatable bonds is 7. The van der Waals surface area contributed by atoms with Crippen LogP contribution in [-0.2, 0) is 17.9 Å². The molecule has 0 saturated carbocycles. The van der Waals surface area contributed by atoms with Gasteiger partial charge in [-0.25, -0.2) is 0 Å². The predicted octanol–water partition coefficient (Wildman–Crippen LogP) is 2.12. The van der Waals surface area contributed by atoms with Crippen molar-refractivity contribution < 1.29 is 9.90 Å². The fraction of sp³-hybridized carbons (Fsp3) is 0.474. The molecule has 25 heavy (non-hydrogen) atoms. The Hall–Kier alpha value is -2.18. The van der Waals surface area contributed by atoms with Crippen LogP contribution in [0.4, 0.5) is 5.69 Å². The molecule has 0 unspecified atom stereocenters. The van der Waals surface area contributed by atoms with Crippen LogP contribution in [0.5, 0.6) is 0 Å². The maximum absolute atomic E-state index is 12.1. The maximum Gasteiger partial charge on any atom is 0.226 e. The Balaban J connectivity index is 1.48. The van der Waals surface area contributed by atoms with Gasteiger partial charge in [0.2, 0.25) is 5.91 Å². The Bertz CT molecular complexity index is 664. The summed E-state index contributed by atoms with van der Waals surface area (Å²) in [7, 11) is 0. The number of likely N-dealkylation sites (tertiary alicyclic amines) is 1. The van der Waals surface area contributed by atoms with Crippen LogP contribution in [0, 0.1) is 5.92 Å². The zero-order valence-corrected chi connectivity index (χ0v) is 14.5. The van der Waals surface area contributed by atoms with Gasteiger partial charge >= 0.3 is 0 Å². The number of amides is 1. The van der Waals surface area contributed by atoms with Crippen LogP contribution in [0.3, 0.4) is 0 Å². The van der Waals surface area contributed by atoms with Crippen LogP contribution in [0.2, 0.25) is 0 Å². The molecular weight excluding hydrogens is 316 g/mol. The standard InChI is InChI=1S/C19H26N4O2/c24-15-16-5-10-22(11-6-16)14-17-3-1-4-18(13-17)21-19(25)7-12-23-9-2-8-20-23/h1-4,8-9,13,16,24H,5-7,10-12,14-15H2,(H,21,25). The Labute approximate surface area is 148 Å². The molecule has 1 fully saturated rings. The Morgan fingerprint density at radius 2 is 2.12 bits per heavy atom. The average Bonchev–Trinajstić information content (AvgIpc) is 3.15. The molecule has 1 saturated heterocycles. The highest BCUT2D eigenvalue weighted by Gasteiger charge is 2.18. The summed E-state index contributed by atoms with van der Waals surface area (Å²) in [5.74, 6) is 0.452. The third-order valence-electron chi connectivity index (χ3n) is 4.71. The highest BCUT2D eigenvalue weighted by atomic mass is 16.3. The first-order valence-electron chi connectivity index (χ1n) is 8.92. The lowest BCUT2D eigenvalue weighted by molar-refractivity contribution is -0.116. The zero-order valence-electron chi connectivity index (χ0n) is 14.5. The van der Waals surface area contributed by atoms with E-state index in [4.69, 9.17) is 0 Å². The first-order valence-corrected chi connectivity index (χ1v) is 8.92. The Morgan fingerprint density at radius 3 is 2.84 bits per heavy atom. The summed E-state index contributed by atoms with van der Waals surface area (Å²) in [5.41, 5.74) is 2.04. The summed E-state index contributed by atoms with van der Waals surface area (Å²) in [4.78, 5) is 14.5. The summed E-state index contributed by atoms with van der Waals surface area (Å²) in [6.45, 7) is 3.80. The molecule has 134 valence electrons. The summed E-state index contributed by atoms with van der Waals surface area (Å²) in [6.07, 6.45) is 6.08. The highest BCUT2D eigenvalue weighted by molar-refractivity contribution is 5.90.